The number of ether oxygens (including phenoxy) is 1. The van der Waals surface area contributed by atoms with E-state index in [4.69, 9.17) is 4.74 Å². The van der Waals surface area contributed by atoms with Crippen molar-refractivity contribution in [3.8, 4) is 5.75 Å². The molecular formula is C20H18N4O3. The monoisotopic (exact) mass is 362 g/mol. The topological polar surface area (TPSA) is 75.6 Å². The van der Waals surface area contributed by atoms with Crippen LogP contribution in [-0.4, -0.2) is 35.9 Å². The van der Waals surface area contributed by atoms with E-state index in [2.05, 4.69) is 9.97 Å². The minimum absolute atomic E-state index is 0.177. The van der Waals surface area contributed by atoms with Gasteiger partial charge in [-0.3, -0.25) is 14.6 Å². The molecule has 0 N–H and O–H groups in total. The van der Waals surface area contributed by atoms with Crippen LogP contribution in [0, 0.1) is 0 Å². The molecule has 7 nitrogen and oxygen atoms in total. The van der Waals surface area contributed by atoms with Crippen LogP contribution in [0.4, 0.5) is 16.3 Å². The standard InChI is InChI=1S/C20H18N4O3/c1-3-23-19-18-16(21-12-22-19)8-14(11-25)9-17(18)24(20(23)26)10-13-4-6-15(27-2)7-5-13/h4-9,11-12H,3,10H2,1-2H3. The van der Waals surface area contributed by atoms with E-state index in [-0.39, 0.29) is 6.03 Å². The van der Waals surface area contributed by atoms with Crippen LogP contribution in [-0.2, 0) is 6.54 Å². The largest absolute Gasteiger partial charge is 0.497 e. The fourth-order valence-corrected chi connectivity index (χ4v) is 3.35. The van der Waals surface area contributed by atoms with E-state index in [1.165, 1.54) is 6.33 Å². The lowest BCUT2D eigenvalue weighted by Gasteiger charge is -2.35. The second-order valence-electron chi connectivity index (χ2n) is 6.21. The molecule has 0 bridgehead atoms. The minimum atomic E-state index is -0.177. The van der Waals surface area contributed by atoms with E-state index in [1.54, 1.807) is 29.0 Å². The van der Waals surface area contributed by atoms with Crippen molar-refractivity contribution in [3.63, 3.8) is 0 Å². The van der Waals surface area contributed by atoms with E-state index >= 15 is 0 Å². The quantitative estimate of drug-likeness (QED) is 0.650. The van der Waals surface area contributed by atoms with Gasteiger partial charge in [0.25, 0.3) is 0 Å². The minimum Gasteiger partial charge on any atom is -0.497 e. The molecule has 0 atom stereocenters. The molecule has 3 aromatic rings. The Labute approximate surface area is 156 Å². The van der Waals surface area contributed by atoms with Gasteiger partial charge in [0.15, 0.2) is 0 Å². The molecule has 1 aliphatic heterocycles. The fraction of sp³-hybridized carbons (Fsp3) is 0.200. The molecule has 2 amide bonds. The number of carbonyl (C=O) groups excluding carboxylic acids is 2. The Bertz CT molecular complexity index is 1030. The predicted molar refractivity (Wildman–Crippen MR) is 103 cm³/mol. The first kappa shape index (κ1) is 17.0. The Morgan fingerprint density at radius 1 is 1.11 bits per heavy atom. The zero-order valence-corrected chi connectivity index (χ0v) is 15.0. The third-order valence-corrected chi connectivity index (χ3v) is 4.68. The van der Waals surface area contributed by atoms with Crippen LogP contribution in [0.3, 0.4) is 0 Å². The molecule has 136 valence electrons. The summed E-state index contributed by atoms with van der Waals surface area (Å²) in [6.07, 6.45) is 2.19. The molecule has 0 unspecified atom stereocenters. The van der Waals surface area contributed by atoms with Gasteiger partial charge in [-0.05, 0) is 36.8 Å². The highest BCUT2D eigenvalue weighted by atomic mass is 16.5. The van der Waals surface area contributed by atoms with Crippen molar-refractivity contribution in [1.29, 1.82) is 0 Å². The van der Waals surface area contributed by atoms with Gasteiger partial charge in [0, 0.05) is 12.1 Å². The zero-order valence-electron chi connectivity index (χ0n) is 15.0. The third kappa shape index (κ3) is 2.77. The molecule has 0 saturated heterocycles. The molecule has 0 aliphatic carbocycles. The van der Waals surface area contributed by atoms with Crippen molar-refractivity contribution >= 4 is 34.7 Å². The second-order valence-corrected chi connectivity index (χ2v) is 6.21. The Balaban J connectivity index is 1.87. The first-order valence-corrected chi connectivity index (χ1v) is 8.62. The third-order valence-electron chi connectivity index (χ3n) is 4.68. The summed E-state index contributed by atoms with van der Waals surface area (Å²) in [4.78, 5) is 36.5. The first-order chi connectivity index (χ1) is 13.2. The number of nitrogens with zero attached hydrogens (tertiary/aromatic N) is 4. The second kappa shape index (κ2) is 6.68. The van der Waals surface area contributed by atoms with Gasteiger partial charge in [0.1, 0.15) is 24.2 Å². The van der Waals surface area contributed by atoms with E-state index in [9.17, 15) is 9.59 Å². The smallest absolute Gasteiger partial charge is 0.330 e. The summed E-state index contributed by atoms with van der Waals surface area (Å²) >= 11 is 0. The Morgan fingerprint density at radius 2 is 1.89 bits per heavy atom. The van der Waals surface area contributed by atoms with Crippen molar-refractivity contribution in [2.45, 2.75) is 13.5 Å². The molecular weight excluding hydrogens is 344 g/mol. The maximum Gasteiger partial charge on any atom is 0.330 e. The molecule has 4 rings (SSSR count). The summed E-state index contributed by atoms with van der Waals surface area (Å²) in [7, 11) is 1.61. The van der Waals surface area contributed by atoms with Crippen molar-refractivity contribution in [3.05, 3.63) is 53.9 Å². The zero-order chi connectivity index (χ0) is 19.0. The highest BCUT2D eigenvalue weighted by Crippen LogP contribution is 2.39. The maximum absolute atomic E-state index is 13.2. The van der Waals surface area contributed by atoms with Crippen LogP contribution in [0.1, 0.15) is 22.8 Å². The molecule has 1 aromatic heterocycles. The van der Waals surface area contributed by atoms with E-state index in [0.29, 0.717) is 35.7 Å². The number of carbonyl (C=O) groups is 2. The highest BCUT2D eigenvalue weighted by Gasteiger charge is 2.33. The predicted octanol–water partition coefficient (Wildman–Crippen LogP) is 3.42. The summed E-state index contributed by atoms with van der Waals surface area (Å²) in [5, 5.41) is 0.776. The molecule has 0 saturated carbocycles. The van der Waals surface area contributed by atoms with Crippen LogP contribution in [0.5, 0.6) is 5.75 Å². The normalized spacial score (nSPS) is 13.2. The number of urea groups is 1. The lowest BCUT2D eigenvalue weighted by Crippen LogP contribution is -2.46. The summed E-state index contributed by atoms with van der Waals surface area (Å²) in [5.74, 6) is 1.33. The lowest BCUT2D eigenvalue weighted by molar-refractivity contribution is 0.112. The van der Waals surface area contributed by atoms with Crippen LogP contribution in [0.2, 0.25) is 0 Å². The summed E-state index contributed by atoms with van der Waals surface area (Å²) in [6, 6.07) is 10.8. The number of rotatable bonds is 5. The fourth-order valence-electron chi connectivity index (χ4n) is 3.35. The van der Waals surface area contributed by atoms with E-state index in [1.807, 2.05) is 31.2 Å². The molecule has 0 spiro atoms. The number of methoxy groups -OCH3 is 1. The summed E-state index contributed by atoms with van der Waals surface area (Å²) in [5.41, 5.74) is 2.71. The van der Waals surface area contributed by atoms with Crippen LogP contribution in [0.25, 0.3) is 10.9 Å². The Kier molecular flexibility index (Phi) is 4.19. The van der Waals surface area contributed by atoms with Crippen molar-refractivity contribution in [2.75, 3.05) is 23.5 Å². The van der Waals surface area contributed by atoms with Gasteiger partial charge in [-0.2, -0.15) is 0 Å². The molecule has 2 aromatic carbocycles. The van der Waals surface area contributed by atoms with Gasteiger partial charge in [-0.25, -0.2) is 14.8 Å². The van der Waals surface area contributed by atoms with Gasteiger partial charge >= 0.3 is 6.03 Å². The van der Waals surface area contributed by atoms with Crippen molar-refractivity contribution < 1.29 is 14.3 Å². The van der Waals surface area contributed by atoms with Crippen LogP contribution >= 0.6 is 0 Å². The number of hydrogen-bond acceptors (Lipinski definition) is 5. The summed E-state index contributed by atoms with van der Waals surface area (Å²) in [6.45, 7) is 2.76. The van der Waals surface area contributed by atoms with Gasteiger partial charge in [-0.15, -0.1) is 0 Å². The molecule has 0 radical (unpaired) electrons. The number of hydrogen-bond donors (Lipinski definition) is 0. The van der Waals surface area contributed by atoms with Gasteiger partial charge in [-0.1, -0.05) is 12.1 Å². The lowest BCUT2D eigenvalue weighted by atomic mass is 10.1. The van der Waals surface area contributed by atoms with Gasteiger partial charge in [0.2, 0.25) is 0 Å². The highest BCUT2D eigenvalue weighted by molar-refractivity contribution is 6.18. The number of anilines is 2. The van der Waals surface area contributed by atoms with Crippen molar-refractivity contribution in [2.24, 2.45) is 0 Å². The SMILES string of the molecule is CCN1C(=O)N(Cc2ccc(OC)cc2)c2cc(C=O)cc3ncnc1c23. The van der Waals surface area contributed by atoms with E-state index < -0.39 is 0 Å². The molecule has 27 heavy (non-hydrogen) atoms. The Morgan fingerprint density at radius 3 is 2.56 bits per heavy atom. The maximum atomic E-state index is 13.2. The van der Waals surface area contributed by atoms with Crippen LogP contribution < -0.4 is 14.5 Å². The Hall–Kier alpha value is -3.48. The van der Waals surface area contributed by atoms with Crippen molar-refractivity contribution in [1.82, 2.24) is 9.97 Å². The number of aromatic nitrogens is 2. The number of benzene rings is 2. The number of amides is 2. The summed E-state index contributed by atoms with van der Waals surface area (Å²) < 4.78 is 5.19. The average Bonchev–Trinajstić information content (AvgIpc) is 2.71. The average molecular weight is 362 g/mol. The molecule has 0 fully saturated rings. The molecule has 7 heteroatoms. The van der Waals surface area contributed by atoms with Gasteiger partial charge < -0.3 is 4.74 Å². The van der Waals surface area contributed by atoms with Crippen LogP contribution in [0.15, 0.2) is 42.7 Å². The van der Waals surface area contributed by atoms with E-state index in [0.717, 1.165) is 23.0 Å². The molecule has 2 heterocycles. The first-order valence-electron chi connectivity index (χ1n) is 8.62. The number of aldehydes is 1. The van der Waals surface area contributed by atoms with Gasteiger partial charge in [0.05, 0.1) is 30.2 Å². The molecule has 1 aliphatic rings.